The highest BCUT2D eigenvalue weighted by atomic mass is 31.2. The molecular weight excluding hydrogens is 117 g/mol. The zero-order valence-corrected chi connectivity index (χ0v) is 6.45. The van der Waals surface area contributed by atoms with Crippen molar-refractivity contribution in [1.82, 2.24) is 0 Å². The third-order valence-corrected chi connectivity index (χ3v) is 5.76. The minimum absolute atomic E-state index is 0.801. The molecule has 0 radical (unpaired) electrons. The van der Waals surface area contributed by atoms with E-state index in [1.807, 2.05) is 0 Å². The van der Waals surface area contributed by atoms with Gasteiger partial charge in [-0.15, -0.1) is 0 Å². The van der Waals surface area contributed by atoms with Gasteiger partial charge in [0.1, 0.15) is 0 Å². The lowest BCUT2D eigenvalue weighted by atomic mass is 10.4. The van der Waals surface area contributed by atoms with Crippen molar-refractivity contribution in [1.29, 1.82) is 0 Å². The Bertz CT molecular complexity index is 76.6. The zero-order valence-electron chi connectivity index (χ0n) is 5.56. The molecule has 0 unspecified atom stereocenters. The van der Waals surface area contributed by atoms with Crippen LogP contribution in [0.1, 0.15) is 19.8 Å². The van der Waals surface area contributed by atoms with Crippen LogP contribution in [-0.2, 0) is 0 Å². The van der Waals surface area contributed by atoms with E-state index in [0.29, 0.717) is 0 Å². The first kappa shape index (κ1) is 6.51. The molecule has 1 fully saturated rings. The molecule has 0 spiro atoms. The quantitative estimate of drug-likeness (QED) is 0.540. The van der Waals surface area contributed by atoms with Crippen molar-refractivity contribution < 1.29 is 0 Å². The van der Waals surface area contributed by atoms with E-state index in [9.17, 15) is 0 Å². The van der Waals surface area contributed by atoms with Crippen LogP contribution < -0.4 is 5.50 Å². The van der Waals surface area contributed by atoms with Crippen LogP contribution in [-0.4, -0.2) is 18.5 Å². The second-order valence-electron chi connectivity index (χ2n) is 2.69. The van der Waals surface area contributed by atoms with Crippen molar-refractivity contribution in [2.24, 2.45) is 5.50 Å². The Balaban J connectivity index is 2.40. The lowest BCUT2D eigenvalue weighted by Crippen LogP contribution is -2.07. The maximum atomic E-state index is 6.07. The highest BCUT2D eigenvalue weighted by molar-refractivity contribution is 7.73. The number of nitrogens with two attached hydrogens (primary N) is 1. The molecule has 2 heteroatoms. The van der Waals surface area contributed by atoms with Crippen LogP contribution >= 0.6 is 7.41 Å². The predicted octanol–water partition coefficient (Wildman–Crippen LogP) is 1.69. The fraction of sp³-hybridized carbons (Fsp3) is 1.00. The van der Waals surface area contributed by atoms with E-state index >= 15 is 0 Å². The van der Waals surface area contributed by atoms with Gasteiger partial charge < -0.3 is 0 Å². The van der Waals surface area contributed by atoms with Gasteiger partial charge in [0.2, 0.25) is 0 Å². The van der Waals surface area contributed by atoms with Crippen LogP contribution in [0.2, 0.25) is 0 Å². The lowest BCUT2D eigenvalue weighted by molar-refractivity contribution is 0.949. The minimum atomic E-state index is -0.801. The summed E-state index contributed by atoms with van der Waals surface area (Å²) in [5.74, 6) is 0. The van der Waals surface area contributed by atoms with Gasteiger partial charge in [-0.05, 0) is 19.8 Å². The summed E-state index contributed by atoms with van der Waals surface area (Å²) < 4.78 is 0. The van der Waals surface area contributed by atoms with Gasteiger partial charge >= 0.3 is 0 Å². The van der Waals surface area contributed by atoms with Gasteiger partial charge in [-0.25, -0.2) is 5.50 Å². The Kier molecular flexibility index (Phi) is 1.89. The monoisotopic (exact) mass is 132 g/mol. The molecule has 1 rings (SSSR count). The molecule has 1 aliphatic rings. The predicted molar refractivity (Wildman–Crippen MR) is 40.6 cm³/mol. The lowest BCUT2D eigenvalue weighted by Gasteiger charge is -2.11. The molecule has 2 N–H and O–H groups in total. The Morgan fingerprint density at radius 1 is 1.38 bits per heavy atom. The standard InChI is InChI=1S/C6H15NP/c1-2-8(7)5-3-4-6-8/h2-7H2,1H3/q+1. The summed E-state index contributed by atoms with van der Waals surface area (Å²) in [7, 11) is -0.801. The first-order valence-electron chi connectivity index (χ1n) is 3.41. The molecule has 1 heterocycles. The first-order valence-corrected chi connectivity index (χ1v) is 5.83. The van der Waals surface area contributed by atoms with Gasteiger partial charge in [-0.3, -0.25) is 0 Å². The van der Waals surface area contributed by atoms with Gasteiger partial charge in [-0.1, -0.05) is 0 Å². The van der Waals surface area contributed by atoms with Crippen LogP contribution in [0.15, 0.2) is 0 Å². The largest absolute Gasteiger partial charge is 0.205 e. The average Bonchev–Trinajstić information content (AvgIpc) is 2.17. The summed E-state index contributed by atoms with van der Waals surface area (Å²) in [5, 5.41) is 0. The molecule has 0 bridgehead atoms. The summed E-state index contributed by atoms with van der Waals surface area (Å²) in [6, 6.07) is 0. The Morgan fingerprint density at radius 2 is 1.88 bits per heavy atom. The highest BCUT2D eigenvalue weighted by Gasteiger charge is 2.34. The van der Waals surface area contributed by atoms with Crippen molar-refractivity contribution in [3.05, 3.63) is 0 Å². The third-order valence-electron chi connectivity index (χ3n) is 2.09. The van der Waals surface area contributed by atoms with Crippen molar-refractivity contribution in [2.45, 2.75) is 19.8 Å². The molecule has 0 aliphatic carbocycles. The fourth-order valence-corrected chi connectivity index (χ4v) is 3.84. The molecule has 1 saturated heterocycles. The van der Waals surface area contributed by atoms with E-state index in [2.05, 4.69) is 6.92 Å². The second-order valence-corrected chi connectivity index (χ2v) is 6.65. The Hall–Kier alpha value is 0.390. The molecule has 48 valence electrons. The van der Waals surface area contributed by atoms with Crippen LogP contribution in [0, 0.1) is 0 Å². The third kappa shape index (κ3) is 1.21. The summed E-state index contributed by atoms with van der Waals surface area (Å²) in [4.78, 5) is 0. The zero-order chi connectivity index (χ0) is 6.04. The molecule has 0 aromatic carbocycles. The van der Waals surface area contributed by atoms with Gasteiger partial charge in [0, 0.05) is 0 Å². The van der Waals surface area contributed by atoms with Crippen LogP contribution in [0.4, 0.5) is 0 Å². The van der Waals surface area contributed by atoms with E-state index in [4.69, 9.17) is 5.50 Å². The molecule has 1 nitrogen and oxygen atoms in total. The van der Waals surface area contributed by atoms with E-state index < -0.39 is 7.41 Å². The SMILES string of the molecule is CC[P+]1(N)CCCC1. The van der Waals surface area contributed by atoms with E-state index in [0.717, 1.165) is 0 Å². The summed E-state index contributed by atoms with van der Waals surface area (Å²) in [5.41, 5.74) is 6.07. The van der Waals surface area contributed by atoms with E-state index in [1.165, 1.54) is 31.3 Å². The maximum Gasteiger partial charge on any atom is 0.0767 e. The van der Waals surface area contributed by atoms with Crippen molar-refractivity contribution in [3.8, 4) is 0 Å². The maximum absolute atomic E-state index is 6.07. The normalized spacial score (nSPS) is 26.2. The van der Waals surface area contributed by atoms with Gasteiger partial charge in [0.05, 0.1) is 25.9 Å². The van der Waals surface area contributed by atoms with Crippen molar-refractivity contribution in [2.75, 3.05) is 18.5 Å². The Labute approximate surface area is 52.0 Å². The number of hydrogen-bond donors (Lipinski definition) is 1. The van der Waals surface area contributed by atoms with Crippen LogP contribution in [0.5, 0.6) is 0 Å². The van der Waals surface area contributed by atoms with E-state index in [-0.39, 0.29) is 0 Å². The number of hydrogen-bond acceptors (Lipinski definition) is 1. The van der Waals surface area contributed by atoms with Crippen molar-refractivity contribution >= 4 is 7.41 Å². The van der Waals surface area contributed by atoms with Crippen molar-refractivity contribution in [3.63, 3.8) is 0 Å². The highest BCUT2D eigenvalue weighted by Crippen LogP contribution is 2.55. The minimum Gasteiger partial charge on any atom is -0.205 e. The summed E-state index contributed by atoms with van der Waals surface area (Å²) in [6.45, 7) is 2.24. The summed E-state index contributed by atoms with van der Waals surface area (Å²) >= 11 is 0. The molecule has 0 amide bonds. The molecule has 8 heavy (non-hydrogen) atoms. The topological polar surface area (TPSA) is 26.0 Å². The molecule has 0 aromatic heterocycles. The molecule has 0 saturated carbocycles. The molecule has 0 atom stereocenters. The van der Waals surface area contributed by atoms with Gasteiger partial charge in [0.15, 0.2) is 0 Å². The summed E-state index contributed by atoms with van der Waals surface area (Å²) in [6.07, 6.45) is 6.80. The molecular formula is C6H15NP+. The molecule has 0 aromatic rings. The fourth-order valence-electron chi connectivity index (χ4n) is 1.28. The second kappa shape index (κ2) is 2.33. The number of rotatable bonds is 1. The smallest absolute Gasteiger partial charge is 0.0767 e. The van der Waals surface area contributed by atoms with Crippen LogP contribution in [0.3, 0.4) is 0 Å². The van der Waals surface area contributed by atoms with Gasteiger partial charge in [0.25, 0.3) is 0 Å². The Morgan fingerprint density at radius 3 is 2.12 bits per heavy atom. The van der Waals surface area contributed by atoms with Gasteiger partial charge in [-0.2, -0.15) is 0 Å². The van der Waals surface area contributed by atoms with E-state index in [1.54, 1.807) is 0 Å². The van der Waals surface area contributed by atoms with Crippen LogP contribution in [0.25, 0.3) is 0 Å². The first-order chi connectivity index (χ1) is 3.77. The average molecular weight is 132 g/mol. The molecule has 1 aliphatic heterocycles.